The van der Waals surface area contributed by atoms with Crippen molar-refractivity contribution in [3.8, 4) is 11.5 Å². The van der Waals surface area contributed by atoms with Gasteiger partial charge in [-0.1, -0.05) is 6.07 Å². The van der Waals surface area contributed by atoms with Crippen LogP contribution in [0, 0.1) is 5.82 Å². The Morgan fingerprint density at radius 2 is 1.92 bits per heavy atom. The molecule has 1 aromatic heterocycles. The third-order valence-electron chi connectivity index (χ3n) is 4.26. The van der Waals surface area contributed by atoms with Gasteiger partial charge in [0, 0.05) is 23.6 Å². The minimum absolute atomic E-state index is 0.0666. The Hall–Kier alpha value is -3.02. The average Bonchev–Trinajstić information content (AvgIpc) is 3.03. The minimum atomic E-state index is -0.269. The molecular weight excluding hydrogens is 335 g/mol. The fourth-order valence-corrected chi connectivity index (χ4v) is 2.94. The van der Waals surface area contributed by atoms with Crippen molar-refractivity contribution in [2.24, 2.45) is 0 Å². The number of rotatable bonds is 7. The molecule has 1 amide bonds. The van der Waals surface area contributed by atoms with E-state index in [0.717, 1.165) is 22.0 Å². The van der Waals surface area contributed by atoms with E-state index in [9.17, 15) is 9.18 Å². The number of benzene rings is 2. The number of carbonyl (C=O) groups excluding carboxylic acids is 1. The topological polar surface area (TPSA) is 63.3 Å². The van der Waals surface area contributed by atoms with Crippen molar-refractivity contribution in [3.63, 3.8) is 0 Å². The van der Waals surface area contributed by atoms with Crippen molar-refractivity contribution in [1.82, 2.24) is 10.3 Å². The summed E-state index contributed by atoms with van der Waals surface area (Å²) in [6.45, 7) is 0.510. The van der Waals surface area contributed by atoms with Crippen molar-refractivity contribution in [2.75, 3.05) is 20.8 Å². The third kappa shape index (κ3) is 3.96. The van der Waals surface area contributed by atoms with Gasteiger partial charge < -0.3 is 19.8 Å². The molecule has 1 heterocycles. The van der Waals surface area contributed by atoms with Gasteiger partial charge in [0.25, 0.3) is 0 Å². The largest absolute Gasteiger partial charge is 0.493 e. The smallest absolute Gasteiger partial charge is 0.224 e. The SMILES string of the molecule is COc1ccc(CC(=O)NCCc2c[nH]c3cc(F)ccc23)cc1OC. The van der Waals surface area contributed by atoms with Crippen LogP contribution in [0.5, 0.6) is 11.5 Å². The molecule has 0 radical (unpaired) electrons. The molecule has 0 bridgehead atoms. The predicted molar refractivity (Wildman–Crippen MR) is 98.2 cm³/mol. The highest BCUT2D eigenvalue weighted by Gasteiger charge is 2.09. The summed E-state index contributed by atoms with van der Waals surface area (Å²) >= 11 is 0. The van der Waals surface area contributed by atoms with Gasteiger partial charge in [-0.3, -0.25) is 4.79 Å². The lowest BCUT2D eigenvalue weighted by molar-refractivity contribution is -0.120. The van der Waals surface area contributed by atoms with Crippen LogP contribution in [0.4, 0.5) is 4.39 Å². The second-order valence-electron chi connectivity index (χ2n) is 5.97. The van der Waals surface area contributed by atoms with E-state index in [1.165, 1.54) is 12.1 Å². The maximum absolute atomic E-state index is 13.2. The number of H-pyrrole nitrogens is 1. The molecule has 0 fully saturated rings. The quantitative estimate of drug-likeness (QED) is 0.683. The Morgan fingerprint density at radius 3 is 2.69 bits per heavy atom. The molecule has 0 aliphatic carbocycles. The number of aromatic nitrogens is 1. The lowest BCUT2D eigenvalue weighted by atomic mass is 10.1. The van der Waals surface area contributed by atoms with Gasteiger partial charge in [-0.15, -0.1) is 0 Å². The normalized spacial score (nSPS) is 10.7. The van der Waals surface area contributed by atoms with Crippen molar-refractivity contribution < 1.29 is 18.7 Å². The number of ether oxygens (including phenoxy) is 2. The standard InChI is InChI=1S/C20H21FN2O3/c1-25-18-6-3-13(9-19(18)26-2)10-20(24)22-8-7-14-12-23-17-11-15(21)4-5-16(14)17/h3-6,9,11-12,23H,7-8,10H2,1-2H3,(H,22,24). The number of fused-ring (bicyclic) bond motifs is 1. The van der Waals surface area contributed by atoms with Crippen LogP contribution in [0.3, 0.4) is 0 Å². The summed E-state index contributed by atoms with van der Waals surface area (Å²) in [5.74, 6) is 0.897. The van der Waals surface area contributed by atoms with E-state index in [1.807, 2.05) is 12.3 Å². The molecule has 0 saturated heterocycles. The summed E-state index contributed by atoms with van der Waals surface area (Å²) in [5, 5.41) is 3.89. The van der Waals surface area contributed by atoms with E-state index in [2.05, 4.69) is 10.3 Å². The Kier molecular flexibility index (Phi) is 5.41. The van der Waals surface area contributed by atoms with Gasteiger partial charge in [0.2, 0.25) is 5.91 Å². The van der Waals surface area contributed by atoms with Crippen molar-refractivity contribution in [3.05, 3.63) is 59.5 Å². The van der Waals surface area contributed by atoms with Crippen molar-refractivity contribution in [1.29, 1.82) is 0 Å². The van der Waals surface area contributed by atoms with Gasteiger partial charge in [0.15, 0.2) is 11.5 Å². The summed E-state index contributed by atoms with van der Waals surface area (Å²) in [4.78, 5) is 15.2. The fraction of sp³-hybridized carbons (Fsp3) is 0.250. The molecule has 0 unspecified atom stereocenters. The predicted octanol–water partition coefficient (Wildman–Crippen LogP) is 3.23. The molecule has 0 spiro atoms. The van der Waals surface area contributed by atoms with E-state index in [4.69, 9.17) is 9.47 Å². The molecule has 0 aliphatic heterocycles. The van der Waals surface area contributed by atoms with Gasteiger partial charge >= 0.3 is 0 Å². The molecule has 2 aromatic carbocycles. The van der Waals surface area contributed by atoms with Crippen LogP contribution in [0.15, 0.2) is 42.6 Å². The van der Waals surface area contributed by atoms with E-state index >= 15 is 0 Å². The van der Waals surface area contributed by atoms with Crippen LogP contribution in [0.25, 0.3) is 10.9 Å². The first-order valence-corrected chi connectivity index (χ1v) is 8.34. The number of methoxy groups -OCH3 is 2. The zero-order chi connectivity index (χ0) is 18.5. The first kappa shape index (κ1) is 17.8. The lowest BCUT2D eigenvalue weighted by Gasteiger charge is -2.10. The van der Waals surface area contributed by atoms with Crippen LogP contribution >= 0.6 is 0 Å². The number of hydrogen-bond donors (Lipinski definition) is 2. The molecule has 6 heteroatoms. The average molecular weight is 356 g/mol. The molecule has 3 aromatic rings. The third-order valence-corrected chi connectivity index (χ3v) is 4.26. The van der Waals surface area contributed by atoms with Crippen LogP contribution in [-0.2, 0) is 17.6 Å². The van der Waals surface area contributed by atoms with Gasteiger partial charge in [0.05, 0.1) is 20.6 Å². The van der Waals surface area contributed by atoms with E-state index in [1.54, 1.807) is 32.4 Å². The van der Waals surface area contributed by atoms with Gasteiger partial charge in [-0.05, 0) is 47.9 Å². The highest BCUT2D eigenvalue weighted by Crippen LogP contribution is 2.27. The van der Waals surface area contributed by atoms with Crippen molar-refractivity contribution in [2.45, 2.75) is 12.8 Å². The number of nitrogens with one attached hydrogen (secondary N) is 2. The van der Waals surface area contributed by atoms with Crippen LogP contribution < -0.4 is 14.8 Å². The summed E-state index contributed by atoms with van der Waals surface area (Å²) in [5.41, 5.74) is 2.66. The van der Waals surface area contributed by atoms with Crippen LogP contribution in [0.1, 0.15) is 11.1 Å². The number of amides is 1. The molecule has 136 valence electrons. The number of aromatic amines is 1. The molecule has 0 atom stereocenters. The first-order valence-electron chi connectivity index (χ1n) is 8.34. The zero-order valence-electron chi connectivity index (χ0n) is 14.8. The monoisotopic (exact) mass is 356 g/mol. The maximum Gasteiger partial charge on any atom is 0.224 e. The van der Waals surface area contributed by atoms with Crippen molar-refractivity contribution >= 4 is 16.8 Å². The Bertz CT molecular complexity index is 921. The zero-order valence-corrected chi connectivity index (χ0v) is 14.8. The molecule has 0 aliphatic rings. The van der Waals surface area contributed by atoms with Crippen LogP contribution in [0.2, 0.25) is 0 Å². The van der Waals surface area contributed by atoms with E-state index < -0.39 is 0 Å². The Morgan fingerprint density at radius 1 is 1.12 bits per heavy atom. The fourth-order valence-electron chi connectivity index (χ4n) is 2.94. The molecule has 0 saturated carbocycles. The lowest BCUT2D eigenvalue weighted by Crippen LogP contribution is -2.27. The summed E-state index contributed by atoms with van der Waals surface area (Å²) < 4.78 is 23.7. The summed E-state index contributed by atoms with van der Waals surface area (Å²) in [7, 11) is 3.14. The number of hydrogen-bond acceptors (Lipinski definition) is 3. The van der Waals surface area contributed by atoms with E-state index in [-0.39, 0.29) is 18.1 Å². The van der Waals surface area contributed by atoms with Crippen LogP contribution in [-0.4, -0.2) is 31.7 Å². The Balaban J connectivity index is 1.55. The molecule has 2 N–H and O–H groups in total. The van der Waals surface area contributed by atoms with Gasteiger partial charge in [-0.2, -0.15) is 0 Å². The minimum Gasteiger partial charge on any atom is -0.493 e. The molecule has 3 rings (SSSR count). The summed E-state index contributed by atoms with van der Waals surface area (Å²) in [6, 6.07) is 10.1. The highest BCUT2D eigenvalue weighted by molar-refractivity contribution is 5.83. The first-order chi connectivity index (χ1) is 12.6. The van der Waals surface area contributed by atoms with Gasteiger partial charge in [0.1, 0.15) is 5.82 Å². The number of carbonyl (C=O) groups is 1. The molecule has 26 heavy (non-hydrogen) atoms. The van der Waals surface area contributed by atoms with Gasteiger partial charge in [-0.25, -0.2) is 4.39 Å². The highest BCUT2D eigenvalue weighted by atomic mass is 19.1. The second kappa shape index (κ2) is 7.91. The number of halogens is 1. The maximum atomic E-state index is 13.2. The molecule has 5 nitrogen and oxygen atoms in total. The second-order valence-corrected chi connectivity index (χ2v) is 5.97. The summed E-state index contributed by atoms with van der Waals surface area (Å²) in [6.07, 6.45) is 2.79. The Labute approximate surface area is 151 Å². The molecular formula is C20H21FN2O3. The van der Waals surface area contributed by atoms with E-state index in [0.29, 0.717) is 24.5 Å².